The van der Waals surface area contributed by atoms with Crippen LogP contribution in [0.2, 0.25) is 0 Å². The first kappa shape index (κ1) is 21.4. The molecule has 1 fully saturated rings. The molecule has 1 aromatic heterocycles. The van der Waals surface area contributed by atoms with E-state index in [0.717, 1.165) is 12.8 Å². The third-order valence-electron chi connectivity index (χ3n) is 5.12. The van der Waals surface area contributed by atoms with Gasteiger partial charge in [-0.1, -0.05) is 25.7 Å². The Balaban J connectivity index is 1.86. The second-order valence-corrected chi connectivity index (χ2v) is 7.22. The predicted octanol–water partition coefficient (Wildman–Crippen LogP) is 3.51. The molecule has 1 heterocycles. The Hall–Kier alpha value is -3.36. The molecule has 9 heteroatoms. The van der Waals surface area contributed by atoms with Gasteiger partial charge in [-0.05, 0) is 31.0 Å². The van der Waals surface area contributed by atoms with Crippen LogP contribution in [0.1, 0.15) is 59.2 Å². The van der Waals surface area contributed by atoms with E-state index in [9.17, 15) is 9.59 Å². The van der Waals surface area contributed by atoms with E-state index in [4.69, 9.17) is 15.2 Å². The Labute approximate surface area is 175 Å². The average Bonchev–Trinajstić information content (AvgIpc) is 3.03. The highest BCUT2D eigenvalue weighted by Crippen LogP contribution is 2.29. The van der Waals surface area contributed by atoms with Crippen molar-refractivity contribution in [2.75, 3.05) is 30.6 Å². The first-order valence-electron chi connectivity index (χ1n) is 9.97. The summed E-state index contributed by atoms with van der Waals surface area (Å²) in [5.74, 6) is -0.207. The molecule has 0 bridgehead atoms. The zero-order chi connectivity index (χ0) is 21.5. The first-order valence-corrected chi connectivity index (χ1v) is 9.97. The van der Waals surface area contributed by atoms with Gasteiger partial charge in [0.05, 0.1) is 25.3 Å². The van der Waals surface area contributed by atoms with Gasteiger partial charge in [-0.3, -0.25) is 0 Å². The lowest BCUT2D eigenvalue weighted by molar-refractivity contribution is 0.0599. The number of hydrogen-bond donors (Lipinski definition) is 3. The number of rotatable bonds is 6. The van der Waals surface area contributed by atoms with Crippen molar-refractivity contribution in [3.63, 3.8) is 0 Å². The maximum Gasteiger partial charge on any atom is 0.337 e. The number of carbonyl (C=O) groups is 2. The topological polar surface area (TPSA) is 128 Å². The minimum Gasteiger partial charge on any atom is -0.465 e. The number of aromatic nitrogens is 2. The second-order valence-electron chi connectivity index (χ2n) is 7.22. The van der Waals surface area contributed by atoms with Crippen LogP contribution in [0, 0.1) is 0 Å². The Morgan fingerprint density at radius 1 is 0.933 bits per heavy atom. The Morgan fingerprint density at radius 3 is 2.07 bits per heavy atom. The molecular formula is C21H27N5O4. The molecule has 30 heavy (non-hydrogen) atoms. The van der Waals surface area contributed by atoms with Gasteiger partial charge >= 0.3 is 11.9 Å². The molecule has 1 saturated carbocycles. The number of methoxy groups -OCH3 is 2. The molecule has 1 aromatic carbocycles. The van der Waals surface area contributed by atoms with Gasteiger partial charge in [0.1, 0.15) is 12.0 Å². The third kappa shape index (κ3) is 5.16. The van der Waals surface area contributed by atoms with Crippen LogP contribution in [0.3, 0.4) is 0 Å². The molecule has 1 aliphatic rings. The summed E-state index contributed by atoms with van der Waals surface area (Å²) < 4.78 is 9.54. The van der Waals surface area contributed by atoms with Gasteiger partial charge in [0.2, 0.25) is 0 Å². The number of ether oxygens (including phenoxy) is 2. The van der Waals surface area contributed by atoms with Crippen molar-refractivity contribution < 1.29 is 19.1 Å². The molecule has 2 aromatic rings. The van der Waals surface area contributed by atoms with Crippen LogP contribution in [-0.2, 0) is 9.47 Å². The number of anilines is 4. The lowest BCUT2D eigenvalue weighted by atomic mass is 10.1. The normalized spacial score (nSPS) is 14.5. The fourth-order valence-corrected chi connectivity index (χ4v) is 3.54. The summed E-state index contributed by atoms with van der Waals surface area (Å²) in [6, 6.07) is 4.84. The zero-order valence-corrected chi connectivity index (χ0v) is 17.2. The molecule has 4 N–H and O–H groups in total. The van der Waals surface area contributed by atoms with E-state index in [-0.39, 0.29) is 11.1 Å². The third-order valence-corrected chi connectivity index (χ3v) is 5.12. The first-order chi connectivity index (χ1) is 14.5. The minimum atomic E-state index is -0.574. The van der Waals surface area contributed by atoms with Gasteiger partial charge in [0.25, 0.3) is 0 Å². The number of esters is 2. The van der Waals surface area contributed by atoms with Gasteiger partial charge in [-0.2, -0.15) is 0 Å². The van der Waals surface area contributed by atoms with Crippen molar-refractivity contribution >= 4 is 34.9 Å². The monoisotopic (exact) mass is 413 g/mol. The van der Waals surface area contributed by atoms with Crippen LogP contribution in [0.15, 0.2) is 24.5 Å². The van der Waals surface area contributed by atoms with Crippen LogP contribution >= 0.6 is 0 Å². The van der Waals surface area contributed by atoms with Crippen LogP contribution in [-0.4, -0.2) is 42.2 Å². The van der Waals surface area contributed by atoms with Gasteiger partial charge in [0, 0.05) is 11.7 Å². The molecule has 0 radical (unpaired) electrons. The quantitative estimate of drug-likeness (QED) is 0.481. The summed E-state index contributed by atoms with van der Waals surface area (Å²) in [4.78, 5) is 32.5. The maximum atomic E-state index is 12.0. The van der Waals surface area contributed by atoms with E-state index in [1.165, 1.54) is 52.3 Å². The summed E-state index contributed by atoms with van der Waals surface area (Å²) in [7, 11) is 2.54. The summed E-state index contributed by atoms with van der Waals surface area (Å²) >= 11 is 0. The molecule has 0 spiro atoms. The number of nitrogens with one attached hydrogen (secondary N) is 2. The average molecular weight is 413 g/mol. The van der Waals surface area contributed by atoms with E-state index < -0.39 is 11.9 Å². The van der Waals surface area contributed by atoms with Crippen molar-refractivity contribution in [3.05, 3.63) is 35.7 Å². The Kier molecular flexibility index (Phi) is 7.05. The highest BCUT2D eigenvalue weighted by Gasteiger charge is 2.18. The smallest absolute Gasteiger partial charge is 0.337 e. The molecule has 0 aliphatic heterocycles. The molecule has 0 unspecified atom stereocenters. The summed E-state index contributed by atoms with van der Waals surface area (Å²) in [5, 5.41) is 6.50. The van der Waals surface area contributed by atoms with E-state index >= 15 is 0 Å². The van der Waals surface area contributed by atoms with Gasteiger partial charge < -0.3 is 25.8 Å². The number of carbonyl (C=O) groups excluding carboxylic acids is 2. The Morgan fingerprint density at radius 2 is 1.50 bits per heavy atom. The van der Waals surface area contributed by atoms with Crippen LogP contribution in [0.5, 0.6) is 0 Å². The molecule has 0 atom stereocenters. The summed E-state index contributed by atoms with van der Waals surface area (Å²) in [5.41, 5.74) is 7.52. The maximum absolute atomic E-state index is 12.0. The predicted molar refractivity (Wildman–Crippen MR) is 114 cm³/mol. The number of benzene rings is 1. The summed E-state index contributed by atoms with van der Waals surface area (Å²) in [6.45, 7) is 0. The van der Waals surface area contributed by atoms with Crippen LogP contribution in [0.4, 0.5) is 23.0 Å². The molecule has 0 saturated heterocycles. The van der Waals surface area contributed by atoms with E-state index in [2.05, 4.69) is 20.6 Å². The summed E-state index contributed by atoms with van der Waals surface area (Å²) in [6.07, 6.45) is 8.45. The van der Waals surface area contributed by atoms with Crippen LogP contribution < -0.4 is 16.4 Å². The number of nitrogens with two attached hydrogens (primary N) is 1. The standard InChI is InChI=1S/C21H27N5O4/c1-29-20(27)13-9-14(21(28)30-2)11-16(10-13)26-19-17(22)18(23-12-24-19)25-15-7-5-3-4-6-8-15/h9-12,15H,3-8,22H2,1-2H3,(H2,23,24,25,26). The fourth-order valence-electron chi connectivity index (χ4n) is 3.54. The molecular weight excluding hydrogens is 386 g/mol. The molecule has 9 nitrogen and oxygen atoms in total. The van der Waals surface area contributed by atoms with Crippen LogP contribution in [0.25, 0.3) is 0 Å². The zero-order valence-electron chi connectivity index (χ0n) is 17.2. The van der Waals surface area contributed by atoms with E-state index in [1.54, 1.807) is 12.1 Å². The fraction of sp³-hybridized carbons (Fsp3) is 0.429. The number of nitrogens with zero attached hydrogens (tertiary/aromatic N) is 2. The largest absolute Gasteiger partial charge is 0.465 e. The van der Waals surface area contributed by atoms with Gasteiger partial charge in [-0.25, -0.2) is 19.6 Å². The lowest BCUT2D eigenvalue weighted by Gasteiger charge is -2.19. The highest BCUT2D eigenvalue weighted by molar-refractivity contribution is 5.97. The van der Waals surface area contributed by atoms with Crippen molar-refractivity contribution in [1.29, 1.82) is 0 Å². The lowest BCUT2D eigenvalue weighted by Crippen LogP contribution is -2.20. The van der Waals surface area contributed by atoms with E-state index in [1.807, 2.05) is 0 Å². The molecule has 160 valence electrons. The minimum absolute atomic E-state index is 0.201. The van der Waals surface area contributed by atoms with Gasteiger partial charge in [0.15, 0.2) is 11.6 Å². The molecule has 3 rings (SSSR count). The molecule has 1 aliphatic carbocycles. The van der Waals surface area contributed by atoms with Crippen molar-refractivity contribution in [3.8, 4) is 0 Å². The van der Waals surface area contributed by atoms with Gasteiger partial charge in [-0.15, -0.1) is 0 Å². The van der Waals surface area contributed by atoms with Crippen molar-refractivity contribution in [1.82, 2.24) is 9.97 Å². The SMILES string of the molecule is COC(=O)c1cc(Nc2ncnc(NC3CCCCCC3)c2N)cc(C(=O)OC)c1. The van der Waals surface area contributed by atoms with Crippen molar-refractivity contribution in [2.45, 2.75) is 44.6 Å². The van der Waals surface area contributed by atoms with Crippen molar-refractivity contribution in [2.24, 2.45) is 0 Å². The Bertz CT molecular complexity index is 876. The number of nitrogen functional groups attached to an aromatic ring is 1. The highest BCUT2D eigenvalue weighted by atomic mass is 16.5. The number of hydrogen-bond acceptors (Lipinski definition) is 9. The molecule has 0 amide bonds. The second kappa shape index (κ2) is 9.91. The van der Waals surface area contributed by atoms with E-state index in [0.29, 0.717) is 29.1 Å².